The Morgan fingerprint density at radius 2 is 2.30 bits per heavy atom. The molecule has 1 fully saturated rings. The minimum Gasteiger partial charge on any atom is -0.472 e. The number of anilines is 1. The summed E-state index contributed by atoms with van der Waals surface area (Å²) in [4.78, 5) is 7.65. The number of aromatic nitrogens is 2. The van der Waals surface area contributed by atoms with Gasteiger partial charge in [0.25, 0.3) is 0 Å². The molecule has 5 nitrogen and oxygen atoms in total. The van der Waals surface area contributed by atoms with Crippen LogP contribution in [0.2, 0.25) is 0 Å². The van der Waals surface area contributed by atoms with Gasteiger partial charge in [-0.1, -0.05) is 0 Å². The van der Waals surface area contributed by atoms with Gasteiger partial charge in [-0.2, -0.15) is 13.2 Å². The summed E-state index contributed by atoms with van der Waals surface area (Å²) in [6, 6.07) is 3.52. The lowest BCUT2D eigenvalue weighted by Gasteiger charge is -2.11. The third-order valence-corrected chi connectivity index (χ3v) is 4.01. The highest BCUT2D eigenvalue weighted by molar-refractivity contribution is 7.13. The second-order valence-electron chi connectivity index (χ2n) is 4.99. The fraction of sp³-hybridized carbons (Fsp3) is 0.429. The fourth-order valence-corrected chi connectivity index (χ4v) is 2.78. The van der Waals surface area contributed by atoms with Gasteiger partial charge in [-0.25, -0.2) is 9.97 Å². The number of rotatable bonds is 5. The lowest BCUT2D eigenvalue weighted by molar-refractivity contribution is -0.140. The average molecular weight is 345 g/mol. The molecule has 0 saturated carbocycles. The van der Waals surface area contributed by atoms with Crippen LogP contribution < -0.4 is 10.1 Å². The molecule has 0 bridgehead atoms. The molecule has 3 rings (SSSR count). The van der Waals surface area contributed by atoms with Gasteiger partial charge < -0.3 is 14.8 Å². The summed E-state index contributed by atoms with van der Waals surface area (Å²) in [7, 11) is 0. The third-order valence-electron chi connectivity index (χ3n) is 3.21. The highest BCUT2D eigenvalue weighted by Gasteiger charge is 2.33. The van der Waals surface area contributed by atoms with Crippen LogP contribution >= 0.6 is 11.3 Å². The van der Waals surface area contributed by atoms with Gasteiger partial charge >= 0.3 is 6.18 Å². The quantitative estimate of drug-likeness (QED) is 0.901. The van der Waals surface area contributed by atoms with E-state index in [1.165, 1.54) is 0 Å². The summed E-state index contributed by atoms with van der Waals surface area (Å²) in [5.41, 5.74) is -0.0392. The summed E-state index contributed by atoms with van der Waals surface area (Å²) in [5, 5.41) is 4.09. The van der Waals surface area contributed by atoms with Crippen LogP contribution in [0.1, 0.15) is 17.7 Å². The van der Waals surface area contributed by atoms with Crippen molar-refractivity contribution in [3.8, 4) is 5.88 Å². The van der Waals surface area contributed by atoms with E-state index in [1.807, 2.05) is 0 Å². The van der Waals surface area contributed by atoms with E-state index in [4.69, 9.17) is 9.47 Å². The molecule has 1 unspecified atom stereocenters. The molecule has 0 aromatic carbocycles. The predicted octanol–water partition coefficient (Wildman–Crippen LogP) is 3.34. The molecule has 1 aliphatic rings. The molecule has 0 spiro atoms. The number of pyridine rings is 1. The van der Waals surface area contributed by atoms with Crippen LogP contribution in [0.15, 0.2) is 23.7 Å². The van der Waals surface area contributed by atoms with E-state index >= 15 is 0 Å². The largest absolute Gasteiger partial charge is 0.472 e. The van der Waals surface area contributed by atoms with E-state index in [9.17, 15) is 13.2 Å². The first-order valence-corrected chi connectivity index (χ1v) is 7.84. The maximum Gasteiger partial charge on any atom is 0.434 e. The molecular formula is C14H14F3N3O2S. The van der Waals surface area contributed by atoms with Gasteiger partial charge in [-0.15, -0.1) is 11.3 Å². The van der Waals surface area contributed by atoms with Crippen molar-refractivity contribution in [2.24, 2.45) is 0 Å². The van der Waals surface area contributed by atoms with Crippen LogP contribution in [0.3, 0.4) is 0 Å². The number of thiazole rings is 1. The average Bonchev–Trinajstić information content (AvgIpc) is 3.16. The summed E-state index contributed by atoms with van der Waals surface area (Å²) in [5.74, 6) is 0.481. The minimum atomic E-state index is -4.42. The molecule has 0 aliphatic carbocycles. The minimum absolute atomic E-state index is 0.000911. The van der Waals surface area contributed by atoms with E-state index in [0.717, 1.165) is 28.7 Å². The van der Waals surface area contributed by atoms with Gasteiger partial charge in [0, 0.05) is 30.6 Å². The van der Waals surface area contributed by atoms with Crippen molar-refractivity contribution in [3.63, 3.8) is 0 Å². The Hall–Kier alpha value is -1.87. The summed E-state index contributed by atoms with van der Waals surface area (Å²) < 4.78 is 48.4. The zero-order chi connectivity index (χ0) is 16.3. The topological polar surface area (TPSA) is 56.3 Å². The molecule has 23 heavy (non-hydrogen) atoms. The smallest absolute Gasteiger partial charge is 0.434 e. The standard InChI is InChI=1S/C14H14F3N3O2S/c15-14(16,17)11-8-23-13(20-11)19-6-9-1-3-18-12(5-9)22-10-2-4-21-7-10/h1,3,5,8,10H,2,4,6-7H2,(H,19,20). The summed E-state index contributed by atoms with van der Waals surface area (Å²) in [6.45, 7) is 1.56. The molecule has 1 N–H and O–H groups in total. The van der Waals surface area contributed by atoms with Crippen molar-refractivity contribution in [2.75, 3.05) is 18.5 Å². The van der Waals surface area contributed by atoms with E-state index in [2.05, 4.69) is 15.3 Å². The maximum absolute atomic E-state index is 12.5. The first-order valence-electron chi connectivity index (χ1n) is 6.96. The highest BCUT2D eigenvalue weighted by Crippen LogP contribution is 2.31. The Morgan fingerprint density at radius 1 is 1.43 bits per heavy atom. The van der Waals surface area contributed by atoms with E-state index < -0.39 is 11.9 Å². The molecule has 0 amide bonds. The number of alkyl halides is 3. The molecular weight excluding hydrogens is 331 g/mol. The SMILES string of the molecule is FC(F)(F)c1csc(NCc2ccnc(OC3CCOC3)c2)n1. The van der Waals surface area contributed by atoms with E-state index in [0.29, 0.717) is 25.6 Å². The zero-order valence-electron chi connectivity index (χ0n) is 12.0. The van der Waals surface area contributed by atoms with Gasteiger partial charge in [0.05, 0.1) is 13.2 Å². The molecule has 9 heteroatoms. The zero-order valence-corrected chi connectivity index (χ0v) is 12.8. The van der Waals surface area contributed by atoms with Gasteiger partial charge in [0.15, 0.2) is 10.8 Å². The van der Waals surface area contributed by atoms with Crippen LogP contribution in [0.4, 0.5) is 18.3 Å². The molecule has 1 aliphatic heterocycles. The van der Waals surface area contributed by atoms with E-state index in [1.54, 1.807) is 18.3 Å². The Kier molecular flexibility index (Phi) is 4.67. The van der Waals surface area contributed by atoms with Crippen LogP contribution in [0.5, 0.6) is 5.88 Å². The van der Waals surface area contributed by atoms with Gasteiger partial charge in [0.2, 0.25) is 5.88 Å². The molecule has 2 aromatic heterocycles. The Balaban J connectivity index is 1.58. The van der Waals surface area contributed by atoms with Crippen LogP contribution in [-0.4, -0.2) is 29.3 Å². The number of nitrogens with zero attached hydrogens (tertiary/aromatic N) is 2. The number of halogens is 3. The second kappa shape index (κ2) is 6.71. The van der Waals surface area contributed by atoms with Crippen LogP contribution in [0, 0.1) is 0 Å². The first-order chi connectivity index (χ1) is 11.0. The monoisotopic (exact) mass is 345 g/mol. The van der Waals surface area contributed by atoms with E-state index in [-0.39, 0.29) is 11.2 Å². The molecule has 3 heterocycles. The van der Waals surface area contributed by atoms with Crippen LogP contribution in [-0.2, 0) is 17.5 Å². The second-order valence-corrected chi connectivity index (χ2v) is 5.85. The molecule has 2 aromatic rings. The Bertz CT molecular complexity index is 657. The Morgan fingerprint density at radius 3 is 3.00 bits per heavy atom. The molecule has 0 radical (unpaired) electrons. The Labute approximate surface area is 134 Å². The summed E-state index contributed by atoms with van der Waals surface area (Å²) >= 11 is 0.920. The normalized spacial score (nSPS) is 18.1. The molecule has 124 valence electrons. The predicted molar refractivity (Wildman–Crippen MR) is 78.5 cm³/mol. The first kappa shape index (κ1) is 16.0. The number of ether oxygens (including phenoxy) is 2. The van der Waals surface area contributed by atoms with Crippen molar-refractivity contribution in [2.45, 2.75) is 25.2 Å². The van der Waals surface area contributed by atoms with Crippen molar-refractivity contribution in [1.82, 2.24) is 9.97 Å². The number of nitrogens with one attached hydrogen (secondary N) is 1. The third kappa shape index (κ3) is 4.32. The lowest BCUT2D eigenvalue weighted by atomic mass is 10.2. The number of hydrogen-bond donors (Lipinski definition) is 1. The van der Waals surface area contributed by atoms with Crippen LogP contribution in [0.25, 0.3) is 0 Å². The number of hydrogen-bond acceptors (Lipinski definition) is 6. The summed E-state index contributed by atoms with van der Waals surface area (Å²) in [6.07, 6.45) is -1.99. The molecule has 1 atom stereocenters. The maximum atomic E-state index is 12.5. The van der Waals surface area contributed by atoms with Gasteiger partial charge in [-0.3, -0.25) is 0 Å². The van der Waals surface area contributed by atoms with Crippen molar-refractivity contribution >= 4 is 16.5 Å². The van der Waals surface area contributed by atoms with Crippen molar-refractivity contribution < 1.29 is 22.6 Å². The fourth-order valence-electron chi connectivity index (χ4n) is 2.06. The van der Waals surface area contributed by atoms with Crippen molar-refractivity contribution in [1.29, 1.82) is 0 Å². The van der Waals surface area contributed by atoms with Gasteiger partial charge in [-0.05, 0) is 11.6 Å². The van der Waals surface area contributed by atoms with Crippen molar-refractivity contribution in [3.05, 3.63) is 35.0 Å². The highest BCUT2D eigenvalue weighted by atomic mass is 32.1. The lowest BCUT2D eigenvalue weighted by Crippen LogP contribution is -2.16. The van der Waals surface area contributed by atoms with Gasteiger partial charge in [0.1, 0.15) is 6.10 Å². The molecule has 1 saturated heterocycles.